The summed E-state index contributed by atoms with van der Waals surface area (Å²) in [5.41, 5.74) is 3.88. The van der Waals surface area contributed by atoms with Gasteiger partial charge >= 0.3 is 0 Å². The molecule has 1 heterocycles. The number of anilines is 1. The lowest BCUT2D eigenvalue weighted by Gasteiger charge is -2.15. The zero-order valence-electron chi connectivity index (χ0n) is 10.3. The molecule has 1 aliphatic rings. The number of carbonyl (C=O) groups is 1. The van der Waals surface area contributed by atoms with Crippen LogP contribution in [0.1, 0.15) is 21.5 Å². The maximum Gasteiger partial charge on any atom is 0.228 e. The second-order valence-corrected chi connectivity index (χ2v) is 6.82. The van der Waals surface area contributed by atoms with Gasteiger partial charge in [-0.3, -0.25) is 4.79 Å². The van der Waals surface area contributed by atoms with Gasteiger partial charge in [-0.05, 0) is 28.8 Å². The average molecular weight is 416 g/mol. The van der Waals surface area contributed by atoms with Crippen LogP contribution < -0.4 is 5.32 Å². The number of alkyl halides is 1. The Balaban J connectivity index is 2.05. The van der Waals surface area contributed by atoms with E-state index < -0.39 is 0 Å². The van der Waals surface area contributed by atoms with Crippen LogP contribution in [-0.2, 0) is 11.2 Å². The van der Waals surface area contributed by atoms with Crippen molar-refractivity contribution in [2.45, 2.75) is 11.2 Å². The molecule has 1 aliphatic heterocycles. The fourth-order valence-electron chi connectivity index (χ4n) is 2.31. The summed E-state index contributed by atoms with van der Waals surface area (Å²) in [5, 5.41) is 3.45. The second kappa shape index (κ2) is 5.51. The van der Waals surface area contributed by atoms with Crippen molar-refractivity contribution < 1.29 is 4.79 Å². The van der Waals surface area contributed by atoms with E-state index in [0.29, 0.717) is 11.4 Å². The van der Waals surface area contributed by atoms with Crippen LogP contribution in [0.5, 0.6) is 0 Å². The summed E-state index contributed by atoms with van der Waals surface area (Å²) in [5.74, 6) is 0.0141. The molecule has 1 amide bonds. The van der Waals surface area contributed by atoms with Crippen LogP contribution in [-0.4, -0.2) is 5.91 Å². The Labute approximate surface area is 138 Å². The smallest absolute Gasteiger partial charge is 0.228 e. The maximum atomic E-state index is 11.4. The predicted molar refractivity (Wildman–Crippen MR) is 88.7 cm³/mol. The first-order valence-electron chi connectivity index (χ1n) is 6.07. The molecule has 1 N–H and O–H groups in total. The van der Waals surface area contributed by atoms with Crippen LogP contribution in [0.4, 0.5) is 5.69 Å². The molecule has 0 spiro atoms. The number of amides is 1. The quantitative estimate of drug-likeness (QED) is 0.681. The van der Waals surface area contributed by atoms with Crippen LogP contribution in [0.15, 0.2) is 40.9 Å². The lowest BCUT2D eigenvalue weighted by molar-refractivity contribution is -0.115. The first kappa shape index (κ1) is 14.1. The minimum absolute atomic E-state index is 0.0141. The summed E-state index contributed by atoms with van der Waals surface area (Å²) >= 11 is 13.6. The number of halogens is 3. The number of benzene rings is 2. The topological polar surface area (TPSA) is 29.1 Å². The van der Waals surface area contributed by atoms with Gasteiger partial charge in [0.25, 0.3) is 0 Å². The number of nitrogens with one attached hydrogen (secondary N) is 1. The van der Waals surface area contributed by atoms with E-state index in [9.17, 15) is 4.79 Å². The highest BCUT2D eigenvalue weighted by molar-refractivity contribution is 9.11. The number of hydrogen-bond acceptors (Lipinski definition) is 1. The van der Waals surface area contributed by atoms with Crippen LogP contribution in [0.2, 0.25) is 5.02 Å². The van der Waals surface area contributed by atoms with Gasteiger partial charge in [0, 0.05) is 15.2 Å². The first-order chi connectivity index (χ1) is 9.56. The highest BCUT2D eigenvalue weighted by Crippen LogP contribution is 2.41. The number of rotatable bonds is 2. The normalized spacial score (nSPS) is 14.8. The molecule has 2 aromatic carbocycles. The minimum Gasteiger partial charge on any atom is -0.325 e. The molecule has 0 bridgehead atoms. The molecule has 3 rings (SSSR count). The van der Waals surface area contributed by atoms with E-state index in [1.54, 1.807) is 0 Å². The van der Waals surface area contributed by atoms with Crippen molar-refractivity contribution in [1.82, 2.24) is 0 Å². The molecule has 0 radical (unpaired) electrons. The summed E-state index contributed by atoms with van der Waals surface area (Å²) in [6.45, 7) is 0. The van der Waals surface area contributed by atoms with Gasteiger partial charge in [-0.15, -0.1) is 0 Å². The van der Waals surface area contributed by atoms with Crippen molar-refractivity contribution in [2.75, 3.05) is 5.32 Å². The molecular formula is C15H10Br2ClNO. The summed E-state index contributed by atoms with van der Waals surface area (Å²) in [6.07, 6.45) is 0.412. The molecule has 0 aromatic heterocycles. The number of fused-ring (bicyclic) bond motifs is 1. The maximum absolute atomic E-state index is 11.4. The van der Waals surface area contributed by atoms with E-state index in [2.05, 4.69) is 37.2 Å². The van der Waals surface area contributed by atoms with Crippen molar-refractivity contribution >= 4 is 55.1 Å². The molecule has 1 unspecified atom stereocenters. The fraction of sp³-hybridized carbons (Fsp3) is 0.133. The highest BCUT2D eigenvalue weighted by Gasteiger charge is 2.23. The Kier molecular flexibility index (Phi) is 3.89. The predicted octanol–water partition coefficient (Wildman–Crippen LogP) is 5.08. The Morgan fingerprint density at radius 2 is 1.95 bits per heavy atom. The third-order valence-electron chi connectivity index (χ3n) is 3.30. The minimum atomic E-state index is -0.0217. The molecule has 0 saturated heterocycles. The molecule has 0 saturated carbocycles. The SMILES string of the molecule is O=C1Cc2cc(C(Br)c3ccccc3Br)c(Cl)cc2N1. The van der Waals surface area contributed by atoms with Crippen LogP contribution in [0, 0.1) is 0 Å². The average Bonchev–Trinajstić information content (AvgIpc) is 2.76. The van der Waals surface area contributed by atoms with Crippen LogP contribution in [0.25, 0.3) is 0 Å². The Morgan fingerprint density at radius 3 is 2.70 bits per heavy atom. The highest BCUT2D eigenvalue weighted by atomic mass is 79.9. The Morgan fingerprint density at radius 1 is 1.20 bits per heavy atom. The molecule has 102 valence electrons. The van der Waals surface area contributed by atoms with Crippen LogP contribution in [0.3, 0.4) is 0 Å². The molecule has 5 heteroatoms. The van der Waals surface area contributed by atoms with Gasteiger partial charge in [0.2, 0.25) is 5.91 Å². The van der Waals surface area contributed by atoms with Crippen molar-refractivity contribution in [3.63, 3.8) is 0 Å². The fourth-order valence-corrected chi connectivity index (χ4v) is 4.31. The molecule has 2 aromatic rings. The third kappa shape index (κ3) is 2.52. The van der Waals surface area contributed by atoms with Gasteiger partial charge < -0.3 is 5.32 Å². The number of hydrogen-bond donors (Lipinski definition) is 1. The zero-order chi connectivity index (χ0) is 14.3. The van der Waals surface area contributed by atoms with Gasteiger partial charge in [0.05, 0.1) is 11.2 Å². The summed E-state index contributed by atoms with van der Waals surface area (Å²) < 4.78 is 1.02. The van der Waals surface area contributed by atoms with Gasteiger partial charge in [0.1, 0.15) is 0 Å². The second-order valence-electron chi connectivity index (χ2n) is 4.64. The molecule has 20 heavy (non-hydrogen) atoms. The van der Waals surface area contributed by atoms with Crippen molar-refractivity contribution in [2.24, 2.45) is 0 Å². The molecular weight excluding hydrogens is 405 g/mol. The number of carbonyl (C=O) groups excluding carboxylic acids is 1. The van der Waals surface area contributed by atoms with Gasteiger partial charge in [-0.1, -0.05) is 67.7 Å². The lowest BCUT2D eigenvalue weighted by atomic mass is 10.0. The van der Waals surface area contributed by atoms with Crippen LogP contribution >= 0.6 is 43.5 Å². The van der Waals surface area contributed by atoms with E-state index in [1.807, 2.05) is 36.4 Å². The summed E-state index contributed by atoms with van der Waals surface area (Å²) in [6, 6.07) is 11.8. The van der Waals surface area contributed by atoms with E-state index in [4.69, 9.17) is 11.6 Å². The zero-order valence-corrected chi connectivity index (χ0v) is 14.2. The molecule has 2 nitrogen and oxygen atoms in total. The van der Waals surface area contributed by atoms with Gasteiger partial charge in [0.15, 0.2) is 0 Å². The summed E-state index contributed by atoms with van der Waals surface area (Å²) in [7, 11) is 0. The van der Waals surface area contributed by atoms with E-state index in [1.165, 1.54) is 0 Å². The molecule has 0 aliphatic carbocycles. The molecule has 1 atom stereocenters. The first-order valence-corrected chi connectivity index (χ1v) is 8.15. The molecule has 0 fully saturated rings. The van der Waals surface area contributed by atoms with Crippen molar-refractivity contribution in [1.29, 1.82) is 0 Å². The Hall–Kier alpha value is -0.840. The van der Waals surface area contributed by atoms with Crippen molar-refractivity contribution in [3.8, 4) is 0 Å². The van der Waals surface area contributed by atoms with Gasteiger partial charge in [-0.2, -0.15) is 0 Å². The summed E-state index contributed by atoms with van der Waals surface area (Å²) in [4.78, 5) is 11.4. The standard InChI is InChI=1S/C15H10Br2ClNO/c16-11-4-2-1-3-9(11)15(17)10-5-8-6-14(20)19-13(8)7-12(10)18/h1-5,7,15H,6H2,(H,19,20). The third-order valence-corrected chi connectivity index (χ3v) is 5.33. The van der Waals surface area contributed by atoms with Crippen molar-refractivity contribution in [3.05, 3.63) is 62.6 Å². The Bertz CT molecular complexity index is 702. The van der Waals surface area contributed by atoms with E-state index in [-0.39, 0.29) is 10.7 Å². The monoisotopic (exact) mass is 413 g/mol. The van der Waals surface area contributed by atoms with E-state index in [0.717, 1.165) is 26.9 Å². The van der Waals surface area contributed by atoms with E-state index >= 15 is 0 Å². The lowest BCUT2D eigenvalue weighted by Crippen LogP contribution is -2.03. The van der Waals surface area contributed by atoms with Gasteiger partial charge in [-0.25, -0.2) is 0 Å². The largest absolute Gasteiger partial charge is 0.325 e.